The summed E-state index contributed by atoms with van der Waals surface area (Å²) in [5.74, 6) is 0.665. The molecule has 142 valence electrons. The molecule has 0 aliphatic heterocycles. The van der Waals surface area contributed by atoms with Crippen molar-refractivity contribution >= 4 is 34.3 Å². The van der Waals surface area contributed by atoms with Gasteiger partial charge in [-0.1, -0.05) is 18.9 Å². The van der Waals surface area contributed by atoms with Crippen LogP contribution in [0.25, 0.3) is 16.5 Å². The average Bonchev–Trinajstić information content (AvgIpc) is 3.47. The second kappa shape index (κ2) is 8.20. The van der Waals surface area contributed by atoms with E-state index in [2.05, 4.69) is 15.6 Å². The molecule has 1 aliphatic carbocycles. The molecular formula is C21H27N5O. The number of fused-ring (bicyclic) bond motifs is 1. The molecule has 1 fully saturated rings. The Morgan fingerprint density at radius 2 is 2.19 bits per heavy atom. The number of anilines is 1. The lowest BCUT2D eigenvalue weighted by atomic mass is 10.0. The summed E-state index contributed by atoms with van der Waals surface area (Å²) in [5, 5.41) is 14.8. The monoisotopic (exact) mass is 365 g/mol. The number of carbonyl (C=O) groups is 1. The highest BCUT2D eigenvalue weighted by atomic mass is 16.1. The minimum absolute atomic E-state index is 0.111. The molecule has 0 saturated heterocycles. The summed E-state index contributed by atoms with van der Waals surface area (Å²) in [6.07, 6.45) is 7.86. The maximum atomic E-state index is 12.8. The predicted molar refractivity (Wildman–Crippen MR) is 111 cm³/mol. The first-order valence-corrected chi connectivity index (χ1v) is 9.43. The van der Waals surface area contributed by atoms with Gasteiger partial charge in [-0.05, 0) is 43.9 Å². The maximum absolute atomic E-state index is 12.8. The highest BCUT2D eigenvalue weighted by molar-refractivity contribution is 6.11. The number of hydrogen-bond donors (Lipinski definition) is 4. The quantitative estimate of drug-likeness (QED) is 0.537. The number of pyridine rings is 1. The molecule has 0 unspecified atom stereocenters. The zero-order valence-electron chi connectivity index (χ0n) is 15.9. The molecule has 6 nitrogen and oxygen atoms in total. The SMILES string of the molecule is CC(C)Nc1c(C(=O)NCCC2CC2)cnc2ccc(/C(C=N)=C/N)cc12. The summed E-state index contributed by atoms with van der Waals surface area (Å²) >= 11 is 0. The minimum atomic E-state index is -0.111. The molecule has 1 amide bonds. The van der Waals surface area contributed by atoms with Crippen molar-refractivity contribution < 1.29 is 4.79 Å². The lowest BCUT2D eigenvalue weighted by Crippen LogP contribution is -2.26. The van der Waals surface area contributed by atoms with Crippen LogP contribution in [-0.2, 0) is 0 Å². The van der Waals surface area contributed by atoms with E-state index in [1.165, 1.54) is 25.3 Å². The van der Waals surface area contributed by atoms with Gasteiger partial charge in [0.1, 0.15) is 0 Å². The summed E-state index contributed by atoms with van der Waals surface area (Å²) in [7, 11) is 0. The van der Waals surface area contributed by atoms with Gasteiger partial charge in [-0.3, -0.25) is 9.78 Å². The molecule has 5 N–H and O–H groups in total. The highest BCUT2D eigenvalue weighted by Crippen LogP contribution is 2.32. The molecular weight excluding hydrogens is 338 g/mol. The van der Waals surface area contributed by atoms with Crippen LogP contribution in [-0.4, -0.2) is 29.7 Å². The number of carbonyl (C=O) groups excluding carboxylic acids is 1. The highest BCUT2D eigenvalue weighted by Gasteiger charge is 2.22. The summed E-state index contributed by atoms with van der Waals surface area (Å²) in [6, 6.07) is 5.85. The summed E-state index contributed by atoms with van der Waals surface area (Å²) in [5.41, 5.74) is 9.16. The first-order valence-electron chi connectivity index (χ1n) is 9.43. The first-order chi connectivity index (χ1) is 13.0. The van der Waals surface area contributed by atoms with E-state index in [1.54, 1.807) is 6.20 Å². The summed E-state index contributed by atoms with van der Waals surface area (Å²) in [6.45, 7) is 4.76. The summed E-state index contributed by atoms with van der Waals surface area (Å²) in [4.78, 5) is 17.2. The lowest BCUT2D eigenvalue weighted by Gasteiger charge is -2.17. The molecule has 1 aliphatic rings. The topological polar surface area (TPSA) is 104 Å². The number of amides is 1. The molecule has 0 spiro atoms. The number of allylic oxidation sites excluding steroid dienone is 1. The van der Waals surface area contributed by atoms with Gasteiger partial charge in [0.05, 0.1) is 16.8 Å². The maximum Gasteiger partial charge on any atom is 0.254 e. The Morgan fingerprint density at radius 3 is 2.81 bits per heavy atom. The van der Waals surface area contributed by atoms with Gasteiger partial charge in [0.15, 0.2) is 0 Å². The number of aromatic nitrogens is 1. The van der Waals surface area contributed by atoms with Crippen LogP contribution in [0.1, 0.15) is 49.0 Å². The van der Waals surface area contributed by atoms with Crippen molar-refractivity contribution in [3.05, 3.63) is 41.7 Å². The van der Waals surface area contributed by atoms with Gasteiger partial charge < -0.3 is 21.8 Å². The third-order valence-electron chi connectivity index (χ3n) is 4.75. The van der Waals surface area contributed by atoms with Gasteiger partial charge in [-0.25, -0.2) is 0 Å². The van der Waals surface area contributed by atoms with Crippen molar-refractivity contribution in [1.82, 2.24) is 10.3 Å². The van der Waals surface area contributed by atoms with Crippen LogP contribution in [0.5, 0.6) is 0 Å². The van der Waals surface area contributed by atoms with Crippen LogP contribution in [0.4, 0.5) is 5.69 Å². The molecule has 1 aromatic carbocycles. The molecule has 2 aromatic rings. The van der Waals surface area contributed by atoms with Gasteiger partial charge in [-0.15, -0.1) is 0 Å². The van der Waals surface area contributed by atoms with Gasteiger partial charge >= 0.3 is 0 Å². The van der Waals surface area contributed by atoms with Crippen LogP contribution in [0.3, 0.4) is 0 Å². The molecule has 0 bridgehead atoms. The van der Waals surface area contributed by atoms with Crippen molar-refractivity contribution in [3.63, 3.8) is 0 Å². The first kappa shape index (κ1) is 18.9. The molecule has 0 radical (unpaired) electrons. The molecule has 1 heterocycles. The van der Waals surface area contributed by atoms with Crippen LogP contribution < -0.4 is 16.4 Å². The number of benzene rings is 1. The third kappa shape index (κ3) is 4.45. The van der Waals surface area contributed by atoms with Crippen molar-refractivity contribution in [2.24, 2.45) is 11.7 Å². The van der Waals surface area contributed by atoms with Crippen molar-refractivity contribution in [2.45, 2.75) is 39.2 Å². The van der Waals surface area contributed by atoms with E-state index in [9.17, 15) is 4.79 Å². The van der Waals surface area contributed by atoms with Crippen molar-refractivity contribution in [1.29, 1.82) is 5.41 Å². The fraction of sp³-hybridized carbons (Fsp3) is 0.381. The van der Waals surface area contributed by atoms with E-state index in [4.69, 9.17) is 11.1 Å². The van der Waals surface area contributed by atoms with E-state index >= 15 is 0 Å². The average molecular weight is 365 g/mol. The van der Waals surface area contributed by atoms with E-state index in [1.807, 2.05) is 32.0 Å². The number of hydrogen-bond acceptors (Lipinski definition) is 5. The molecule has 6 heteroatoms. The largest absolute Gasteiger partial charge is 0.404 e. The molecule has 1 saturated carbocycles. The van der Waals surface area contributed by atoms with Gasteiger partial charge in [-0.2, -0.15) is 0 Å². The predicted octanol–water partition coefficient (Wildman–Crippen LogP) is 3.53. The zero-order valence-corrected chi connectivity index (χ0v) is 15.9. The molecule has 3 rings (SSSR count). The van der Waals surface area contributed by atoms with Crippen LogP contribution in [0, 0.1) is 11.3 Å². The molecule has 0 atom stereocenters. The van der Waals surface area contributed by atoms with Gasteiger partial charge in [0.2, 0.25) is 0 Å². The minimum Gasteiger partial charge on any atom is -0.404 e. The van der Waals surface area contributed by atoms with Gasteiger partial charge in [0.25, 0.3) is 5.91 Å². The Balaban J connectivity index is 2.00. The Bertz CT molecular complexity index is 884. The second-order valence-electron chi connectivity index (χ2n) is 7.33. The van der Waals surface area contributed by atoms with E-state index < -0.39 is 0 Å². The van der Waals surface area contributed by atoms with Crippen molar-refractivity contribution in [3.8, 4) is 0 Å². The Kier molecular flexibility index (Phi) is 5.74. The number of rotatable bonds is 8. The van der Waals surface area contributed by atoms with E-state index in [-0.39, 0.29) is 11.9 Å². The molecule has 27 heavy (non-hydrogen) atoms. The van der Waals surface area contributed by atoms with Crippen molar-refractivity contribution in [2.75, 3.05) is 11.9 Å². The lowest BCUT2D eigenvalue weighted by molar-refractivity contribution is 0.0953. The summed E-state index contributed by atoms with van der Waals surface area (Å²) < 4.78 is 0. The number of nitrogens with zero attached hydrogens (tertiary/aromatic N) is 1. The Hall–Kier alpha value is -2.89. The molecule has 1 aromatic heterocycles. The number of nitrogens with one attached hydrogen (secondary N) is 3. The number of nitrogens with two attached hydrogens (primary N) is 1. The normalized spacial score (nSPS) is 14.4. The fourth-order valence-corrected chi connectivity index (χ4v) is 3.11. The van der Waals surface area contributed by atoms with Crippen LogP contribution in [0.15, 0.2) is 30.6 Å². The van der Waals surface area contributed by atoms with E-state index in [0.29, 0.717) is 17.7 Å². The van der Waals surface area contributed by atoms with Crippen LogP contribution in [0.2, 0.25) is 0 Å². The third-order valence-corrected chi connectivity index (χ3v) is 4.75. The standard InChI is InChI=1S/C21H27N5O/c1-13(2)26-20-17-9-15(16(10-22)11-23)5-6-19(17)25-12-18(20)21(27)24-8-7-14-3-4-14/h5-6,9-14,22H,3-4,7-8,23H2,1-2H3,(H,24,27)(H,25,26)/b16-11+,22-10?. The Labute approximate surface area is 159 Å². The zero-order chi connectivity index (χ0) is 19.4. The smallest absolute Gasteiger partial charge is 0.254 e. The van der Waals surface area contributed by atoms with Crippen LogP contribution >= 0.6 is 0 Å². The Morgan fingerprint density at radius 1 is 1.41 bits per heavy atom. The van der Waals surface area contributed by atoms with Gasteiger partial charge in [0, 0.05) is 42.2 Å². The fourth-order valence-electron chi connectivity index (χ4n) is 3.11. The second-order valence-corrected chi connectivity index (χ2v) is 7.33. The van der Waals surface area contributed by atoms with E-state index in [0.717, 1.165) is 34.5 Å².